The zero-order valence-electron chi connectivity index (χ0n) is 12.1. The van der Waals surface area contributed by atoms with E-state index in [4.69, 9.17) is 4.74 Å². The molecule has 21 heavy (non-hydrogen) atoms. The van der Waals surface area contributed by atoms with Crippen LogP contribution in [0.3, 0.4) is 0 Å². The van der Waals surface area contributed by atoms with Gasteiger partial charge in [-0.2, -0.15) is 0 Å². The molecule has 1 aromatic carbocycles. The van der Waals surface area contributed by atoms with E-state index in [0.29, 0.717) is 0 Å². The van der Waals surface area contributed by atoms with Crippen molar-refractivity contribution in [3.8, 4) is 0 Å². The molecule has 2 aliphatic heterocycles. The van der Waals surface area contributed by atoms with Crippen LogP contribution >= 0.6 is 12.4 Å². The monoisotopic (exact) mass is 310 g/mol. The summed E-state index contributed by atoms with van der Waals surface area (Å²) in [7, 11) is 0. The maximum absolute atomic E-state index is 12.1. The summed E-state index contributed by atoms with van der Waals surface area (Å²) in [5.41, 5.74) is 1.35. The summed E-state index contributed by atoms with van der Waals surface area (Å²) in [6, 6.07) is 10.5. The lowest BCUT2D eigenvalue weighted by molar-refractivity contribution is -0.126. The summed E-state index contributed by atoms with van der Waals surface area (Å²) in [6.07, 6.45) is 1.94. The summed E-state index contributed by atoms with van der Waals surface area (Å²) in [6.45, 7) is 3.89. The van der Waals surface area contributed by atoms with Crippen molar-refractivity contribution >= 4 is 18.3 Å². The molecule has 0 saturated carbocycles. The van der Waals surface area contributed by atoms with E-state index in [-0.39, 0.29) is 29.6 Å². The van der Waals surface area contributed by atoms with Crippen LogP contribution in [0.4, 0.5) is 0 Å². The molecule has 2 saturated heterocycles. The molecule has 5 heteroatoms. The quantitative estimate of drug-likeness (QED) is 0.886. The van der Waals surface area contributed by atoms with Crippen molar-refractivity contribution in [1.29, 1.82) is 0 Å². The summed E-state index contributed by atoms with van der Waals surface area (Å²) in [4.78, 5) is 12.1. The summed E-state index contributed by atoms with van der Waals surface area (Å²) in [5, 5.41) is 6.30. The van der Waals surface area contributed by atoms with Crippen LogP contribution in [-0.4, -0.2) is 38.8 Å². The average molecular weight is 311 g/mol. The van der Waals surface area contributed by atoms with Gasteiger partial charge in [0.1, 0.15) is 0 Å². The number of hydrogen-bond acceptors (Lipinski definition) is 3. The highest BCUT2D eigenvalue weighted by Gasteiger charge is 2.35. The molecule has 2 aliphatic rings. The molecule has 0 atom stereocenters. The standard InChI is InChI=1S/C16H22N2O2.ClH/c19-15(13-10-17-11-13)18-12-16(6-8-20-9-7-16)14-4-2-1-3-5-14;/h1-5,13,17H,6-12H2,(H,18,19);1H. The number of benzene rings is 1. The summed E-state index contributed by atoms with van der Waals surface area (Å²) >= 11 is 0. The topological polar surface area (TPSA) is 50.4 Å². The molecule has 0 spiro atoms. The van der Waals surface area contributed by atoms with E-state index >= 15 is 0 Å². The van der Waals surface area contributed by atoms with Crippen LogP contribution in [0.15, 0.2) is 30.3 Å². The molecule has 3 rings (SSSR count). The van der Waals surface area contributed by atoms with Crippen LogP contribution in [0.1, 0.15) is 18.4 Å². The van der Waals surface area contributed by atoms with Crippen molar-refractivity contribution in [1.82, 2.24) is 10.6 Å². The zero-order chi connectivity index (χ0) is 13.8. The number of halogens is 1. The number of rotatable bonds is 4. The fraction of sp³-hybridized carbons (Fsp3) is 0.562. The van der Waals surface area contributed by atoms with Crippen molar-refractivity contribution in [2.24, 2.45) is 5.92 Å². The number of ether oxygens (including phenoxy) is 1. The molecule has 4 nitrogen and oxygen atoms in total. The third kappa shape index (κ3) is 3.57. The van der Waals surface area contributed by atoms with Crippen molar-refractivity contribution in [3.05, 3.63) is 35.9 Å². The molecule has 1 amide bonds. The minimum Gasteiger partial charge on any atom is -0.381 e. The van der Waals surface area contributed by atoms with Crippen molar-refractivity contribution in [3.63, 3.8) is 0 Å². The largest absolute Gasteiger partial charge is 0.381 e. The minimum absolute atomic E-state index is 0. The fourth-order valence-corrected chi connectivity index (χ4v) is 3.00. The van der Waals surface area contributed by atoms with Gasteiger partial charge in [-0.3, -0.25) is 4.79 Å². The minimum atomic E-state index is 0. The highest BCUT2D eigenvalue weighted by Crippen LogP contribution is 2.34. The first kappa shape index (κ1) is 16.3. The van der Waals surface area contributed by atoms with Gasteiger partial charge < -0.3 is 15.4 Å². The fourth-order valence-electron chi connectivity index (χ4n) is 3.00. The van der Waals surface area contributed by atoms with E-state index in [2.05, 4.69) is 34.9 Å². The van der Waals surface area contributed by atoms with Crippen LogP contribution in [0, 0.1) is 5.92 Å². The first-order valence-corrected chi connectivity index (χ1v) is 7.42. The van der Waals surface area contributed by atoms with Gasteiger partial charge in [-0.25, -0.2) is 0 Å². The van der Waals surface area contributed by atoms with Gasteiger partial charge >= 0.3 is 0 Å². The SMILES string of the molecule is Cl.O=C(NCC1(c2ccccc2)CCOCC1)C1CNC1. The highest BCUT2D eigenvalue weighted by atomic mass is 35.5. The molecule has 0 bridgehead atoms. The molecule has 116 valence electrons. The Hall–Kier alpha value is -1.10. The molecule has 2 N–H and O–H groups in total. The zero-order valence-corrected chi connectivity index (χ0v) is 13.0. The summed E-state index contributed by atoms with van der Waals surface area (Å²) in [5.74, 6) is 0.341. The van der Waals surface area contributed by atoms with Crippen molar-refractivity contribution in [2.45, 2.75) is 18.3 Å². The second-order valence-corrected chi connectivity index (χ2v) is 5.83. The third-order valence-electron chi connectivity index (χ3n) is 4.59. The number of nitrogens with one attached hydrogen (secondary N) is 2. The maximum atomic E-state index is 12.1. The second kappa shape index (κ2) is 7.25. The smallest absolute Gasteiger partial charge is 0.225 e. The van der Waals surface area contributed by atoms with Crippen molar-refractivity contribution in [2.75, 3.05) is 32.8 Å². The summed E-state index contributed by atoms with van der Waals surface area (Å²) < 4.78 is 5.51. The third-order valence-corrected chi connectivity index (χ3v) is 4.59. The maximum Gasteiger partial charge on any atom is 0.225 e. The Morgan fingerprint density at radius 2 is 1.90 bits per heavy atom. The van der Waals surface area contributed by atoms with Gasteiger partial charge in [0.05, 0.1) is 5.92 Å². The van der Waals surface area contributed by atoms with E-state index in [1.165, 1.54) is 5.56 Å². The highest BCUT2D eigenvalue weighted by molar-refractivity contribution is 5.85. The van der Waals surface area contributed by atoms with E-state index in [1.807, 2.05) is 6.07 Å². The van der Waals surface area contributed by atoms with Gasteiger partial charge in [-0.05, 0) is 18.4 Å². The molecular weight excluding hydrogens is 288 g/mol. The molecule has 2 fully saturated rings. The molecule has 0 radical (unpaired) electrons. The van der Waals surface area contributed by atoms with E-state index in [9.17, 15) is 4.79 Å². The van der Waals surface area contributed by atoms with Gasteiger partial charge in [-0.15, -0.1) is 12.4 Å². The first-order valence-electron chi connectivity index (χ1n) is 7.42. The first-order chi connectivity index (χ1) is 9.80. The molecule has 1 aromatic rings. The predicted octanol–water partition coefficient (Wildman–Crippen LogP) is 1.49. The lowest BCUT2D eigenvalue weighted by Crippen LogP contribution is -2.53. The Kier molecular flexibility index (Phi) is 5.62. The average Bonchev–Trinajstić information content (AvgIpc) is 2.45. The van der Waals surface area contributed by atoms with Gasteiger partial charge in [0.15, 0.2) is 0 Å². The Balaban J connectivity index is 0.00000161. The van der Waals surface area contributed by atoms with Crippen LogP contribution in [0.5, 0.6) is 0 Å². The van der Waals surface area contributed by atoms with Gasteiger partial charge in [0, 0.05) is 38.3 Å². The number of amides is 1. The van der Waals surface area contributed by atoms with E-state index in [0.717, 1.165) is 45.7 Å². The van der Waals surface area contributed by atoms with Crippen LogP contribution in [0.2, 0.25) is 0 Å². The molecule has 0 aliphatic carbocycles. The lowest BCUT2D eigenvalue weighted by Gasteiger charge is -2.38. The normalized spacial score (nSPS) is 21.0. The Morgan fingerprint density at radius 3 is 2.48 bits per heavy atom. The van der Waals surface area contributed by atoms with E-state index in [1.54, 1.807) is 0 Å². The van der Waals surface area contributed by atoms with Gasteiger partial charge in [0.25, 0.3) is 0 Å². The Morgan fingerprint density at radius 1 is 1.24 bits per heavy atom. The van der Waals surface area contributed by atoms with Gasteiger partial charge in [-0.1, -0.05) is 30.3 Å². The van der Waals surface area contributed by atoms with Crippen LogP contribution in [0.25, 0.3) is 0 Å². The van der Waals surface area contributed by atoms with Crippen molar-refractivity contribution < 1.29 is 9.53 Å². The van der Waals surface area contributed by atoms with Crippen LogP contribution < -0.4 is 10.6 Å². The Bertz CT molecular complexity index is 457. The Labute approximate surface area is 132 Å². The molecular formula is C16H23ClN2O2. The molecule has 0 unspecified atom stereocenters. The number of carbonyl (C=O) groups is 1. The predicted molar refractivity (Wildman–Crippen MR) is 84.8 cm³/mol. The van der Waals surface area contributed by atoms with Crippen LogP contribution in [-0.2, 0) is 14.9 Å². The van der Waals surface area contributed by atoms with Gasteiger partial charge in [0.2, 0.25) is 5.91 Å². The molecule has 0 aromatic heterocycles. The second-order valence-electron chi connectivity index (χ2n) is 5.83. The van der Waals surface area contributed by atoms with E-state index < -0.39 is 0 Å². The molecule has 2 heterocycles. The number of hydrogen-bond donors (Lipinski definition) is 2. The lowest BCUT2D eigenvalue weighted by atomic mass is 9.74. The number of carbonyl (C=O) groups excluding carboxylic acids is 1.